The molecule has 0 fully saturated rings. The van der Waals surface area contributed by atoms with Crippen molar-refractivity contribution in [3.63, 3.8) is 0 Å². The van der Waals surface area contributed by atoms with Gasteiger partial charge in [0.25, 0.3) is 5.91 Å². The lowest BCUT2D eigenvalue weighted by atomic mass is 10.1. The third-order valence-electron chi connectivity index (χ3n) is 2.69. The van der Waals surface area contributed by atoms with E-state index in [0.717, 1.165) is 19.5 Å². The van der Waals surface area contributed by atoms with Gasteiger partial charge in [0, 0.05) is 39.6 Å². The molecule has 21 heavy (non-hydrogen) atoms. The van der Waals surface area contributed by atoms with E-state index in [9.17, 15) is 10.1 Å². The third-order valence-corrected chi connectivity index (χ3v) is 2.69. The summed E-state index contributed by atoms with van der Waals surface area (Å²) in [7, 11) is 1.62. The minimum absolute atomic E-state index is 0.161. The largest absolute Gasteiger partial charge is 0.385 e. The maximum atomic E-state index is 12.0. The monoisotopic (exact) mass is 295 g/mol. The molecule has 1 amide bonds. The third kappa shape index (κ3) is 9.91. The molecule has 5 heteroatoms. The summed E-state index contributed by atoms with van der Waals surface area (Å²) in [4.78, 5) is 14.0. The number of nitrogens with one attached hydrogen (secondary N) is 1. The SMILES string of the molecule is COCCCNC(=O)/C(C#N)=C\N(CC(C)C)CC(C)C. The zero-order chi connectivity index (χ0) is 16.3. The zero-order valence-electron chi connectivity index (χ0n) is 14.0. The van der Waals surface area contributed by atoms with Gasteiger partial charge in [-0.3, -0.25) is 4.79 Å². The van der Waals surface area contributed by atoms with Crippen LogP contribution in [0.4, 0.5) is 0 Å². The number of methoxy groups -OCH3 is 1. The van der Waals surface area contributed by atoms with Gasteiger partial charge < -0.3 is 15.0 Å². The van der Waals surface area contributed by atoms with E-state index < -0.39 is 0 Å². The van der Waals surface area contributed by atoms with Crippen molar-refractivity contribution < 1.29 is 9.53 Å². The first-order chi connectivity index (χ1) is 9.90. The quantitative estimate of drug-likeness (QED) is 0.381. The molecular weight excluding hydrogens is 266 g/mol. The Balaban J connectivity index is 4.68. The Morgan fingerprint density at radius 3 is 2.29 bits per heavy atom. The molecule has 0 aromatic carbocycles. The molecule has 0 radical (unpaired) electrons. The summed E-state index contributed by atoms with van der Waals surface area (Å²) in [5.74, 6) is 0.639. The van der Waals surface area contributed by atoms with Gasteiger partial charge in [-0.15, -0.1) is 0 Å². The predicted octanol–water partition coefficient (Wildman–Crippen LogP) is 2.16. The highest BCUT2D eigenvalue weighted by Gasteiger charge is 2.12. The molecule has 0 heterocycles. The van der Waals surface area contributed by atoms with Crippen LogP contribution in [0.5, 0.6) is 0 Å². The first-order valence-electron chi connectivity index (χ1n) is 7.53. The van der Waals surface area contributed by atoms with Gasteiger partial charge in [0.1, 0.15) is 11.6 Å². The van der Waals surface area contributed by atoms with Crippen molar-refractivity contribution in [1.82, 2.24) is 10.2 Å². The van der Waals surface area contributed by atoms with Crippen LogP contribution in [-0.4, -0.2) is 44.2 Å². The van der Waals surface area contributed by atoms with E-state index in [1.807, 2.05) is 6.07 Å². The van der Waals surface area contributed by atoms with Crippen molar-refractivity contribution in [3.05, 3.63) is 11.8 Å². The summed E-state index contributed by atoms with van der Waals surface area (Å²) in [6, 6.07) is 2.00. The Labute approximate surface area is 129 Å². The summed E-state index contributed by atoms with van der Waals surface area (Å²) in [5, 5.41) is 11.9. The maximum Gasteiger partial charge on any atom is 0.263 e. The maximum absolute atomic E-state index is 12.0. The highest BCUT2D eigenvalue weighted by atomic mass is 16.5. The molecule has 0 rings (SSSR count). The standard InChI is InChI=1S/C16H29N3O2/c1-13(2)10-19(11-14(3)4)12-15(9-17)16(20)18-7-6-8-21-5/h12-14H,6-8,10-11H2,1-5H3,(H,18,20)/b15-12-. The number of hydrogen-bond donors (Lipinski definition) is 1. The summed E-state index contributed by atoms with van der Waals surface area (Å²) in [6.07, 6.45) is 2.42. The van der Waals surface area contributed by atoms with E-state index in [-0.39, 0.29) is 11.5 Å². The van der Waals surface area contributed by atoms with Crippen molar-refractivity contribution in [1.29, 1.82) is 5.26 Å². The topological polar surface area (TPSA) is 65.4 Å². The number of ether oxygens (including phenoxy) is 1. The summed E-state index contributed by atoms with van der Waals surface area (Å²) >= 11 is 0. The second-order valence-electron chi connectivity index (χ2n) is 6.00. The molecular formula is C16H29N3O2. The van der Waals surface area contributed by atoms with Crippen molar-refractivity contribution >= 4 is 5.91 Å². The molecule has 0 aromatic heterocycles. The number of nitriles is 1. The summed E-state index contributed by atoms with van der Waals surface area (Å²) < 4.78 is 4.92. The van der Waals surface area contributed by atoms with Crippen molar-refractivity contribution in [2.75, 3.05) is 33.4 Å². The summed E-state index contributed by atoms with van der Waals surface area (Å²) in [5.41, 5.74) is 0.161. The number of carbonyl (C=O) groups excluding carboxylic acids is 1. The fourth-order valence-corrected chi connectivity index (χ4v) is 1.95. The molecule has 0 saturated carbocycles. The number of nitrogens with zero attached hydrogens (tertiary/aromatic N) is 2. The van der Waals surface area contributed by atoms with E-state index >= 15 is 0 Å². The Bertz CT molecular complexity index is 360. The number of hydrogen-bond acceptors (Lipinski definition) is 4. The van der Waals surface area contributed by atoms with Gasteiger partial charge in [0.2, 0.25) is 0 Å². The van der Waals surface area contributed by atoms with Crippen LogP contribution in [0.3, 0.4) is 0 Å². The molecule has 0 unspecified atom stereocenters. The van der Waals surface area contributed by atoms with Crippen LogP contribution in [-0.2, 0) is 9.53 Å². The molecule has 0 spiro atoms. The average molecular weight is 295 g/mol. The van der Waals surface area contributed by atoms with Crippen LogP contribution in [0.2, 0.25) is 0 Å². The highest BCUT2D eigenvalue weighted by molar-refractivity contribution is 5.97. The van der Waals surface area contributed by atoms with Crippen LogP contribution in [0.1, 0.15) is 34.1 Å². The van der Waals surface area contributed by atoms with Gasteiger partial charge in [0.05, 0.1) is 0 Å². The molecule has 0 aliphatic carbocycles. The lowest BCUT2D eigenvalue weighted by Gasteiger charge is -2.25. The molecule has 0 aromatic rings. The Morgan fingerprint density at radius 1 is 1.29 bits per heavy atom. The first kappa shape index (κ1) is 19.5. The van der Waals surface area contributed by atoms with E-state index in [1.54, 1.807) is 13.3 Å². The Kier molecular flexibility index (Phi) is 10.3. The second kappa shape index (κ2) is 11.2. The van der Waals surface area contributed by atoms with Gasteiger partial charge in [0.15, 0.2) is 0 Å². The second-order valence-corrected chi connectivity index (χ2v) is 6.00. The summed E-state index contributed by atoms with van der Waals surface area (Å²) in [6.45, 7) is 11.3. The van der Waals surface area contributed by atoms with Crippen LogP contribution >= 0.6 is 0 Å². The number of amides is 1. The van der Waals surface area contributed by atoms with Crippen LogP contribution in [0, 0.1) is 23.2 Å². The Morgan fingerprint density at radius 2 is 1.86 bits per heavy atom. The van der Waals surface area contributed by atoms with Gasteiger partial charge >= 0.3 is 0 Å². The molecule has 1 N–H and O–H groups in total. The molecule has 0 bridgehead atoms. The van der Waals surface area contributed by atoms with Crippen LogP contribution in [0.15, 0.2) is 11.8 Å². The fraction of sp³-hybridized carbons (Fsp3) is 0.750. The first-order valence-corrected chi connectivity index (χ1v) is 7.53. The zero-order valence-corrected chi connectivity index (χ0v) is 14.0. The fourth-order valence-electron chi connectivity index (χ4n) is 1.95. The van der Waals surface area contributed by atoms with E-state index in [1.165, 1.54) is 0 Å². The highest BCUT2D eigenvalue weighted by Crippen LogP contribution is 2.07. The van der Waals surface area contributed by atoms with E-state index in [4.69, 9.17) is 4.74 Å². The van der Waals surface area contributed by atoms with Crippen LogP contribution in [0.25, 0.3) is 0 Å². The van der Waals surface area contributed by atoms with E-state index in [2.05, 4.69) is 37.9 Å². The molecule has 5 nitrogen and oxygen atoms in total. The van der Waals surface area contributed by atoms with E-state index in [0.29, 0.717) is 25.0 Å². The number of rotatable bonds is 10. The van der Waals surface area contributed by atoms with Crippen molar-refractivity contribution in [2.45, 2.75) is 34.1 Å². The molecule has 0 aliphatic heterocycles. The normalized spacial score (nSPS) is 11.6. The average Bonchev–Trinajstić information content (AvgIpc) is 2.39. The lowest BCUT2D eigenvalue weighted by Crippen LogP contribution is -2.30. The minimum atomic E-state index is -0.314. The molecule has 120 valence electrons. The molecule has 0 saturated heterocycles. The van der Waals surface area contributed by atoms with Crippen molar-refractivity contribution in [2.24, 2.45) is 11.8 Å². The van der Waals surface area contributed by atoms with Gasteiger partial charge in [-0.2, -0.15) is 5.26 Å². The van der Waals surface area contributed by atoms with Crippen LogP contribution < -0.4 is 5.32 Å². The lowest BCUT2D eigenvalue weighted by molar-refractivity contribution is -0.117. The van der Waals surface area contributed by atoms with Crippen molar-refractivity contribution in [3.8, 4) is 6.07 Å². The van der Waals surface area contributed by atoms with Gasteiger partial charge in [-0.1, -0.05) is 27.7 Å². The molecule has 0 atom stereocenters. The van der Waals surface area contributed by atoms with Gasteiger partial charge in [-0.05, 0) is 18.3 Å². The minimum Gasteiger partial charge on any atom is -0.385 e. The number of carbonyl (C=O) groups is 1. The van der Waals surface area contributed by atoms with Gasteiger partial charge in [-0.25, -0.2) is 0 Å². The predicted molar refractivity (Wildman–Crippen MR) is 84.4 cm³/mol. The Hall–Kier alpha value is -1.54. The molecule has 0 aliphatic rings. The smallest absolute Gasteiger partial charge is 0.263 e.